The molecule has 2 aliphatic rings. The Bertz CT molecular complexity index is 1390. The van der Waals surface area contributed by atoms with E-state index in [9.17, 15) is 45.6 Å². The summed E-state index contributed by atoms with van der Waals surface area (Å²) in [4.78, 5) is 13.2. The van der Waals surface area contributed by atoms with Gasteiger partial charge < -0.3 is 65.1 Å². The van der Waals surface area contributed by atoms with Gasteiger partial charge >= 0.3 is 0 Å². The number of unbranched alkanes of at least 4 members (excludes halogenated alkanes) is 37. The van der Waals surface area contributed by atoms with Crippen LogP contribution in [0.25, 0.3) is 0 Å². The molecule has 0 aromatic heterocycles. The molecule has 14 heteroatoms. The zero-order valence-corrected chi connectivity index (χ0v) is 49.0. The Hall–Kier alpha value is -1.53. The van der Waals surface area contributed by atoms with Gasteiger partial charge in [-0.3, -0.25) is 4.79 Å². The van der Waals surface area contributed by atoms with Crippen LogP contribution in [0.15, 0.2) is 24.3 Å². The van der Waals surface area contributed by atoms with E-state index in [1.165, 1.54) is 212 Å². The number of amides is 1. The van der Waals surface area contributed by atoms with Crippen LogP contribution >= 0.6 is 0 Å². The molecule has 77 heavy (non-hydrogen) atoms. The Kier molecular flexibility index (Phi) is 45.7. The molecule has 0 aromatic rings. The van der Waals surface area contributed by atoms with E-state index in [1.807, 2.05) is 6.08 Å². The lowest BCUT2D eigenvalue weighted by atomic mass is 9.97. The molecule has 2 fully saturated rings. The molecule has 0 aliphatic carbocycles. The Morgan fingerprint density at radius 1 is 0.455 bits per heavy atom. The van der Waals surface area contributed by atoms with Crippen molar-refractivity contribution >= 4 is 5.91 Å². The first-order chi connectivity index (χ1) is 37.6. The van der Waals surface area contributed by atoms with Gasteiger partial charge in [-0.25, -0.2) is 0 Å². The minimum Gasteiger partial charge on any atom is -0.394 e. The van der Waals surface area contributed by atoms with E-state index in [4.69, 9.17) is 18.9 Å². The molecule has 0 radical (unpaired) electrons. The van der Waals surface area contributed by atoms with Gasteiger partial charge in [0.05, 0.1) is 32.0 Å². The molecule has 9 N–H and O–H groups in total. The van der Waals surface area contributed by atoms with Gasteiger partial charge in [-0.1, -0.05) is 263 Å². The average molecular weight is 1100 g/mol. The Labute approximate surface area is 468 Å². The van der Waals surface area contributed by atoms with Crippen molar-refractivity contribution in [3.8, 4) is 0 Å². The molecule has 2 aliphatic heterocycles. The smallest absolute Gasteiger partial charge is 0.220 e. The summed E-state index contributed by atoms with van der Waals surface area (Å²) in [6.45, 7) is 2.80. The summed E-state index contributed by atoms with van der Waals surface area (Å²) in [5.41, 5.74) is 0. The summed E-state index contributed by atoms with van der Waals surface area (Å²) >= 11 is 0. The maximum Gasteiger partial charge on any atom is 0.220 e. The number of hydrogen-bond donors (Lipinski definition) is 9. The van der Waals surface area contributed by atoms with Crippen molar-refractivity contribution in [2.75, 3.05) is 19.8 Å². The fourth-order valence-electron chi connectivity index (χ4n) is 10.7. The second-order valence-electron chi connectivity index (χ2n) is 22.9. The standard InChI is InChI=1S/C63H119NO13/c1-3-5-7-9-11-13-15-17-18-19-20-21-22-23-24-25-26-27-28-29-30-31-32-33-34-35-36-38-40-42-44-46-52(67)51(64-55(68)47-45-43-41-39-37-16-14-12-10-8-6-4-2)50-74-62-60(73)58(71)61(54(49-66)76-62)77-63-59(72)57(70)56(69)53(48-65)75-63/h36,38,44,46,51-54,56-63,65-67,69-73H,3-35,37,39-43,45,47-50H2,1-2H3,(H,64,68)/b38-36+,46-44+. The molecule has 2 rings (SSSR count). The number of ether oxygens (including phenoxy) is 4. The van der Waals surface area contributed by atoms with Crippen molar-refractivity contribution in [3.63, 3.8) is 0 Å². The SMILES string of the molecule is CCCCCCCCCCCCCCCCCCCCCCCCCCC/C=C/CC/C=C/C(O)C(COC1OC(CO)C(OC2OC(CO)C(O)C(O)C2O)C(O)C1O)NC(=O)CCCCCCCCCCCCCC. The lowest BCUT2D eigenvalue weighted by Gasteiger charge is -2.46. The zero-order chi connectivity index (χ0) is 56.0. The van der Waals surface area contributed by atoms with Crippen LogP contribution in [0.4, 0.5) is 0 Å². The van der Waals surface area contributed by atoms with Gasteiger partial charge in [0.1, 0.15) is 48.8 Å². The molecule has 0 aromatic carbocycles. The first-order valence-electron chi connectivity index (χ1n) is 32.1. The van der Waals surface area contributed by atoms with Gasteiger partial charge in [0, 0.05) is 6.42 Å². The van der Waals surface area contributed by atoms with Crippen LogP contribution in [0, 0.1) is 0 Å². The first kappa shape index (κ1) is 71.6. The third kappa shape index (κ3) is 34.5. The van der Waals surface area contributed by atoms with Gasteiger partial charge in [-0.05, 0) is 32.1 Å². The normalized spacial score (nSPS) is 24.8. The molecule has 1 amide bonds. The molecule has 2 heterocycles. The van der Waals surface area contributed by atoms with E-state index in [0.29, 0.717) is 12.8 Å². The highest BCUT2D eigenvalue weighted by Crippen LogP contribution is 2.30. The molecule has 454 valence electrons. The van der Waals surface area contributed by atoms with Crippen LogP contribution in [0.1, 0.15) is 277 Å². The Morgan fingerprint density at radius 2 is 0.831 bits per heavy atom. The molecular formula is C63H119NO13. The Balaban J connectivity index is 1.67. The summed E-state index contributed by atoms with van der Waals surface area (Å²) < 4.78 is 22.8. The second-order valence-corrected chi connectivity index (χ2v) is 22.9. The minimum absolute atomic E-state index is 0.247. The fraction of sp³-hybridized carbons (Fsp3) is 0.921. The van der Waals surface area contributed by atoms with E-state index < -0.39 is 86.8 Å². The fourth-order valence-corrected chi connectivity index (χ4v) is 10.7. The van der Waals surface area contributed by atoms with E-state index in [-0.39, 0.29) is 18.9 Å². The number of carbonyl (C=O) groups excluding carboxylic acids is 1. The number of rotatable bonds is 52. The lowest BCUT2D eigenvalue weighted by Crippen LogP contribution is -2.65. The maximum atomic E-state index is 13.2. The van der Waals surface area contributed by atoms with Gasteiger partial charge in [0.25, 0.3) is 0 Å². The molecule has 0 bridgehead atoms. The molecule has 2 saturated heterocycles. The summed E-state index contributed by atoms with van der Waals surface area (Å²) in [5.74, 6) is -0.247. The van der Waals surface area contributed by atoms with Crippen LogP contribution in [-0.4, -0.2) is 140 Å². The second kappa shape index (κ2) is 49.1. The largest absolute Gasteiger partial charge is 0.394 e. The monoisotopic (exact) mass is 1100 g/mol. The number of hydrogen-bond acceptors (Lipinski definition) is 13. The van der Waals surface area contributed by atoms with Crippen molar-refractivity contribution < 1.29 is 64.6 Å². The lowest BCUT2D eigenvalue weighted by molar-refractivity contribution is -0.359. The number of allylic oxidation sites excluding steroid dienone is 3. The van der Waals surface area contributed by atoms with Crippen molar-refractivity contribution in [2.24, 2.45) is 0 Å². The molecule has 0 spiro atoms. The summed E-state index contributed by atoms with van der Waals surface area (Å²) in [7, 11) is 0. The van der Waals surface area contributed by atoms with E-state index in [1.54, 1.807) is 6.08 Å². The van der Waals surface area contributed by atoms with E-state index >= 15 is 0 Å². The van der Waals surface area contributed by atoms with E-state index in [2.05, 4.69) is 31.3 Å². The van der Waals surface area contributed by atoms with Crippen LogP contribution in [0.5, 0.6) is 0 Å². The quantitative estimate of drug-likeness (QED) is 0.0204. The Morgan fingerprint density at radius 3 is 1.27 bits per heavy atom. The molecule has 14 nitrogen and oxygen atoms in total. The topological polar surface area (TPSA) is 228 Å². The number of carbonyl (C=O) groups is 1. The molecule has 12 unspecified atom stereocenters. The number of aliphatic hydroxyl groups is 8. The van der Waals surface area contributed by atoms with Crippen molar-refractivity contribution in [1.29, 1.82) is 0 Å². The summed E-state index contributed by atoms with van der Waals surface area (Å²) in [6.07, 6.45) is 42.5. The van der Waals surface area contributed by atoms with E-state index in [0.717, 1.165) is 32.1 Å². The summed E-state index contributed by atoms with van der Waals surface area (Å²) in [6, 6.07) is -0.927. The van der Waals surface area contributed by atoms with Gasteiger partial charge in [-0.15, -0.1) is 0 Å². The van der Waals surface area contributed by atoms with Crippen LogP contribution in [0.3, 0.4) is 0 Å². The predicted octanol–water partition coefficient (Wildman–Crippen LogP) is 11.6. The third-order valence-electron chi connectivity index (χ3n) is 15.9. The highest BCUT2D eigenvalue weighted by Gasteiger charge is 2.51. The molecule has 0 saturated carbocycles. The predicted molar refractivity (Wildman–Crippen MR) is 309 cm³/mol. The van der Waals surface area contributed by atoms with Crippen LogP contribution in [0.2, 0.25) is 0 Å². The van der Waals surface area contributed by atoms with Crippen molar-refractivity contribution in [2.45, 2.75) is 351 Å². The van der Waals surface area contributed by atoms with Gasteiger partial charge in [-0.2, -0.15) is 0 Å². The first-order valence-corrected chi connectivity index (χ1v) is 32.1. The molecular weight excluding hydrogens is 979 g/mol. The number of aliphatic hydroxyl groups excluding tert-OH is 8. The minimum atomic E-state index is -1.79. The van der Waals surface area contributed by atoms with Gasteiger partial charge in [0.15, 0.2) is 12.6 Å². The van der Waals surface area contributed by atoms with Gasteiger partial charge in [0.2, 0.25) is 5.91 Å². The zero-order valence-electron chi connectivity index (χ0n) is 49.0. The average Bonchev–Trinajstić information content (AvgIpc) is 3.43. The summed E-state index contributed by atoms with van der Waals surface area (Å²) in [5, 5.41) is 87.0. The van der Waals surface area contributed by atoms with Crippen LogP contribution < -0.4 is 5.32 Å². The number of nitrogens with one attached hydrogen (secondary N) is 1. The highest BCUT2D eigenvalue weighted by atomic mass is 16.7. The van der Waals surface area contributed by atoms with Crippen molar-refractivity contribution in [3.05, 3.63) is 24.3 Å². The van der Waals surface area contributed by atoms with Crippen molar-refractivity contribution in [1.82, 2.24) is 5.32 Å². The van der Waals surface area contributed by atoms with Crippen LogP contribution in [-0.2, 0) is 23.7 Å². The highest BCUT2D eigenvalue weighted by molar-refractivity contribution is 5.76. The third-order valence-corrected chi connectivity index (χ3v) is 15.9. The molecule has 12 atom stereocenters. The maximum absolute atomic E-state index is 13.2.